The maximum Gasteiger partial charge on any atom is 0.264 e. The van der Waals surface area contributed by atoms with E-state index in [1.165, 1.54) is 12.1 Å². The highest BCUT2D eigenvalue weighted by Gasteiger charge is 2.27. The van der Waals surface area contributed by atoms with Crippen LogP contribution in [-0.2, 0) is 0 Å². The van der Waals surface area contributed by atoms with Gasteiger partial charge in [-0.3, -0.25) is 18.4 Å². The second kappa shape index (κ2) is 8.62. The predicted molar refractivity (Wildman–Crippen MR) is 205 cm³/mol. The first-order valence-corrected chi connectivity index (χ1v) is 17.0. The Labute approximate surface area is 288 Å². The normalized spacial score (nSPS) is 13.0. The van der Waals surface area contributed by atoms with Crippen molar-refractivity contribution in [2.45, 2.75) is 0 Å². The van der Waals surface area contributed by atoms with E-state index in [9.17, 15) is 9.59 Å². The summed E-state index contributed by atoms with van der Waals surface area (Å²) in [6.45, 7) is 0. The number of rotatable bonds is 0. The largest absolute Gasteiger partial charge is 0.268 e. The second-order valence-corrected chi connectivity index (χ2v) is 13.8. The predicted octanol–water partition coefficient (Wildman–Crippen LogP) is 9.83. The van der Waals surface area contributed by atoms with Crippen molar-refractivity contribution < 1.29 is 8.78 Å². The molecule has 0 radical (unpaired) electrons. The fraction of sp³-hybridized carbons (Fsp3) is 0. The molecule has 6 nitrogen and oxygen atoms in total. The van der Waals surface area contributed by atoms with Crippen molar-refractivity contribution in [3.8, 4) is 0 Å². The molecule has 0 aliphatic rings. The average molecular weight is 673 g/mol. The van der Waals surface area contributed by atoms with Gasteiger partial charge in [-0.1, -0.05) is 60.7 Å². The molecule has 0 spiro atoms. The summed E-state index contributed by atoms with van der Waals surface area (Å²) in [6, 6.07) is 33.1. The van der Waals surface area contributed by atoms with E-state index in [0.717, 1.165) is 32.6 Å². The van der Waals surface area contributed by atoms with Gasteiger partial charge in [0.25, 0.3) is 11.1 Å². The van der Waals surface area contributed by atoms with Crippen LogP contribution in [0.25, 0.3) is 120 Å². The molecule has 8 heteroatoms. The van der Waals surface area contributed by atoms with E-state index in [4.69, 9.17) is 9.97 Å². The summed E-state index contributed by atoms with van der Waals surface area (Å²) in [5.74, 6) is -1.20. The fourth-order valence-electron chi connectivity index (χ4n) is 9.45. The van der Waals surface area contributed by atoms with Crippen LogP contribution in [0.15, 0.2) is 119 Å². The molecule has 0 bridgehead atoms. The van der Waals surface area contributed by atoms with Crippen molar-refractivity contribution >= 4 is 120 Å². The molecular formula is C44H18F2N4O2. The zero-order valence-electron chi connectivity index (χ0n) is 26.8. The minimum atomic E-state index is -0.601. The van der Waals surface area contributed by atoms with Gasteiger partial charge >= 0.3 is 0 Å². The van der Waals surface area contributed by atoms with E-state index in [1.807, 2.05) is 84.9 Å². The number of aromatic nitrogens is 4. The van der Waals surface area contributed by atoms with Gasteiger partial charge in [-0.25, -0.2) is 18.7 Å². The van der Waals surface area contributed by atoms with Gasteiger partial charge in [0.2, 0.25) is 0 Å². The summed E-state index contributed by atoms with van der Waals surface area (Å²) in [5.41, 5.74) is 2.93. The molecule has 0 atom stereocenters. The van der Waals surface area contributed by atoms with Crippen LogP contribution in [0.1, 0.15) is 0 Å². The standard InChI is InChI=1S/C44H18F2N4O2/c45-27-17-25-35-23(41-47-29-9-1-5-19-7-3-11-31(33(19)29)49(41)43(25)51)15-13-21-38-28(46)18-26-36-24(16-14-22(40(36)38)37(27)39(21)35)42-48-30-10-2-6-20-8-4-12-32(34(20)30)50(42)44(26)52/h1-18H. The van der Waals surface area contributed by atoms with Crippen LogP contribution in [0.5, 0.6) is 0 Å². The molecule has 0 saturated heterocycles. The van der Waals surface area contributed by atoms with Crippen molar-refractivity contribution in [1.82, 2.24) is 18.8 Å². The van der Waals surface area contributed by atoms with E-state index < -0.39 is 22.8 Å². The minimum absolute atomic E-state index is 0.188. The van der Waals surface area contributed by atoms with E-state index in [0.29, 0.717) is 65.4 Å². The molecule has 13 rings (SSSR count). The van der Waals surface area contributed by atoms with E-state index in [2.05, 4.69) is 0 Å². The first-order chi connectivity index (χ1) is 25.5. The molecule has 9 aromatic carbocycles. The minimum Gasteiger partial charge on any atom is -0.268 e. The summed E-state index contributed by atoms with van der Waals surface area (Å²) < 4.78 is 36.9. The highest BCUT2D eigenvalue weighted by Crippen LogP contribution is 2.47. The topological polar surface area (TPSA) is 68.7 Å². The Balaban J connectivity index is 1.28. The van der Waals surface area contributed by atoms with Crippen LogP contribution in [0.3, 0.4) is 0 Å². The van der Waals surface area contributed by atoms with Gasteiger partial charge in [0.05, 0.1) is 32.8 Å². The number of fused-ring (bicyclic) bond motifs is 8. The molecular weight excluding hydrogens is 655 g/mol. The van der Waals surface area contributed by atoms with Crippen molar-refractivity contribution in [2.75, 3.05) is 0 Å². The number of nitrogens with zero attached hydrogens (tertiary/aromatic N) is 4. The van der Waals surface area contributed by atoms with Gasteiger partial charge in [-0.15, -0.1) is 0 Å². The molecule has 0 fully saturated rings. The third-order valence-electron chi connectivity index (χ3n) is 11.4. The molecule has 240 valence electrons. The lowest BCUT2D eigenvalue weighted by atomic mass is 9.85. The third kappa shape index (κ3) is 2.84. The van der Waals surface area contributed by atoms with Crippen LogP contribution >= 0.6 is 0 Å². The first-order valence-electron chi connectivity index (χ1n) is 17.0. The van der Waals surface area contributed by atoms with Crippen LogP contribution < -0.4 is 11.1 Å². The monoisotopic (exact) mass is 672 g/mol. The lowest BCUT2D eigenvalue weighted by Gasteiger charge is -2.21. The summed E-state index contributed by atoms with van der Waals surface area (Å²) in [7, 11) is 0. The Kier molecular flexibility index (Phi) is 4.44. The Morgan fingerprint density at radius 1 is 0.404 bits per heavy atom. The maximum absolute atomic E-state index is 16.9. The van der Waals surface area contributed by atoms with Gasteiger partial charge in [-0.2, -0.15) is 0 Å². The number of benzene rings is 9. The van der Waals surface area contributed by atoms with Gasteiger partial charge in [-0.05, 0) is 70.1 Å². The number of pyridine rings is 2. The van der Waals surface area contributed by atoms with Gasteiger partial charge < -0.3 is 0 Å². The smallest absolute Gasteiger partial charge is 0.264 e. The van der Waals surface area contributed by atoms with Crippen molar-refractivity contribution in [1.29, 1.82) is 0 Å². The van der Waals surface area contributed by atoms with Crippen molar-refractivity contribution in [2.24, 2.45) is 0 Å². The number of halogens is 2. The van der Waals surface area contributed by atoms with Crippen molar-refractivity contribution in [3.63, 3.8) is 0 Å². The highest BCUT2D eigenvalue weighted by atomic mass is 19.1. The molecule has 0 N–H and O–H groups in total. The summed E-state index contributed by atoms with van der Waals surface area (Å²) >= 11 is 0. The fourth-order valence-corrected chi connectivity index (χ4v) is 9.45. The van der Waals surface area contributed by atoms with Gasteiger partial charge in [0, 0.05) is 53.9 Å². The molecule has 0 amide bonds. The summed E-state index contributed by atoms with van der Waals surface area (Å²) in [5, 5.41) is 8.70. The summed E-state index contributed by atoms with van der Waals surface area (Å²) in [4.78, 5) is 39.0. The van der Waals surface area contributed by atoms with Crippen LogP contribution in [0.2, 0.25) is 0 Å². The molecule has 4 heterocycles. The Hall–Kier alpha value is -7.06. The second-order valence-electron chi connectivity index (χ2n) is 13.8. The third-order valence-corrected chi connectivity index (χ3v) is 11.4. The first kappa shape index (κ1) is 26.8. The Morgan fingerprint density at radius 3 is 1.25 bits per heavy atom. The zero-order chi connectivity index (χ0) is 34.3. The van der Waals surface area contributed by atoms with E-state index in [-0.39, 0.29) is 21.5 Å². The SMILES string of the molecule is O=c1c2cc(F)c3c4ccc5c6c(cc(F)c(c7ccc(c2c73)c2nc3cccc7cccc(c73)n12)c46)c(=O)n1c2cccc3cccc(nc51)c32. The van der Waals surface area contributed by atoms with E-state index in [1.54, 1.807) is 20.9 Å². The van der Waals surface area contributed by atoms with Crippen LogP contribution in [-0.4, -0.2) is 18.8 Å². The van der Waals surface area contributed by atoms with Gasteiger partial charge in [0.15, 0.2) is 0 Å². The van der Waals surface area contributed by atoms with Crippen molar-refractivity contribution in [3.05, 3.63) is 142 Å². The molecule has 0 aliphatic heterocycles. The zero-order valence-corrected chi connectivity index (χ0v) is 26.8. The van der Waals surface area contributed by atoms with Gasteiger partial charge in [0.1, 0.15) is 22.9 Å². The quantitative estimate of drug-likeness (QED) is 0.119. The lowest BCUT2D eigenvalue weighted by molar-refractivity contribution is 0.640. The Morgan fingerprint density at radius 2 is 0.808 bits per heavy atom. The average Bonchev–Trinajstić information content (AvgIpc) is 3.16. The summed E-state index contributed by atoms with van der Waals surface area (Å²) in [6.07, 6.45) is 0. The molecule has 0 unspecified atom stereocenters. The molecule has 0 aliphatic carbocycles. The molecule has 13 aromatic rings. The number of hydrogen-bond acceptors (Lipinski definition) is 4. The Bertz CT molecular complexity index is 3680. The van der Waals surface area contributed by atoms with E-state index >= 15 is 8.78 Å². The molecule has 52 heavy (non-hydrogen) atoms. The number of hydrogen-bond donors (Lipinski definition) is 0. The maximum atomic E-state index is 16.9. The highest BCUT2D eigenvalue weighted by molar-refractivity contribution is 6.41. The van der Waals surface area contributed by atoms with Crippen LogP contribution in [0.4, 0.5) is 8.78 Å². The molecule has 4 aromatic heterocycles. The lowest BCUT2D eigenvalue weighted by Crippen LogP contribution is -2.17. The molecule has 0 saturated carbocycles. The van der Waals surface area contributed by atoms with Crippen LogP contribution in [0, 0.1) is 11.6 Å².